The number of piperazine rings is 1. The molecule has 2 saturated heterocycles. The lowest BCUT2D eigenvalue weighted by atomic mass is 10.0. The lowest BCUT2D eigenvalue weighted by Crippen LogP contribution is -2.51. The van der Waals surface area contributed by atoms with Crippen molar-refractivity contribution in [1.82, 2.24) is 20.3 Å². The summed E-state index contributed by atoms with van der Waals surface area (Å²) in [7, 11) is 0. The summed E-state index contributed by atoms with van der Waals surface area (Å²) in [5, 5.41) is 6.39. The molecule has 2 aliphatic heterocycles. The van der Waals surface area contributed by atoms with Crippen molar-refractivity contribution in [2.45, 2.75) is 44.3 Å². The second-order valence-electron chi connectivity index (χ2n) is 10.5. The zero-order chi connectivity index (χ0) is 25.0. The van der Waals surface area contributed by atoms with Crippen molar-refractivity contribution >= 4 is 39.1 Å². The summed E-state index contributed by atoms with van der Waals surface area (Å²) in [5.41, 5.74) is 6.51. The molecule has 2 unspecified atom stereocenters. The highest BCUT2D eigenvalue weighted by Crippen LogP contribution is 2.38. The molecule has 0 amide bonds. The fourth-order valence-electron chi connectivity index (χ4n) is 5.23. The van der Waals surface area contributed by atoms with E-state index in [1.165, 1.54) is 0 Å². The molecule has 36 heavy (non-hydrogen) atoms. The first-order valence-corrected chi connectivity index (χ1v) is 12.6. The van der Waals surface area contributed by atoms with Crippen molar-refractivity contribution in [2.75, 3.05) is 24.6 Å². The maximum absolute atomic E-state index is 16.3. The monoisotopic (exact) mass is 506 g/mol. The molecule has 9 heteroatoms. The number of anilines is 1. The molecule has 0 aliphatic carbocycles. The lowest BCUT2D eigenvalue weighted by molar-refractivity contribution is 0.227. The number of pyridine rings is 1. The molecule has 2 bridgehead atoms. The van der Waals surface area contributed by atoms with E-state index in [0.29, 0.717) is 33.9 Å². The fourth-order valence-corrected chi connectivity index (χ4v) is 5.51. The molecule has 3 N–H and O–H groups in total. The van der Waals surface area contributed by atoms with E-state index in [-0.39, 0.29) is 23.8 Å². The third-order valence-electron chi connectivity index (χ3n) is 6.84. The average molecular weight is 507 g/mol. The van der Waals surface area contributed by atoms with Crippen molar-refractivity contribution in [3.8, 4) is 17.3 Å². The molecule has 186 valence electrons. The maximum Gasteiger partial charge on any atom is 0.319 e. The maximum atomic E-state index is 16.3. The number of nitrogens with two attached hydrogens (primary N) is 1. The second-order valence-corrected chi connectivity index (χ2v) is 10.9. The van der Waals surface area contributed by atoms with Gasteiger partial charge in [0, 0.05) is 52.9 Å². The number of rotatable bonds is 5. The standard InChI is InChI=1S/C27H28ClFN6O/c1-27(2,30)14-36-26-33-24-19(25(34-26)35-12-16-9-10-17(13-35)32-16)11-31-23(22(24)29)18-7-3-5-15-6-4-8-20(28)21(15)18/h3-8,11,16-17,32H,9-10,12-14,30H2,1-2H3. The van der Waals surface area contributed by atoms with Gasteiger partial charge in [0.25, 0.3) is 0 Å². The van der Waals surface area contributed by atoms with Gasteiger partial charge in [-0.2, -0.15) is 9.97 Å². The van der Waals surface area contributed by atoms with Crippen LogP contribution in [0.3, 0.4) is 0 Å². The van der Waals surface area contributed by atoms with Gasteiger partial charge in [0.05, 0.1) is 5.39 Å². The van der Waals surface area contributed by atoms with Gasteiger partial charge < -0.3 is 20.7 Å². The zero-order valence-electron chi connectivity index (χ0n) is 20.3. The van der Waals surface area contributed by atoms with E-state index in [1.807, 2.05) is 44.2 Å². The number of hydrogen-bond acceptors (Lipinski definition) is 7. The molecule has 0 saturated carbocycles. The smallest absolute Gasteiger partial charge is 0.319 e. The lowest BCUT2D eigenvalue weighted by Gasteiger charge is -2.34. The Morgan fingerprint density at radius 1 is 1.14 bits per heavy atom. The number of ether oxygens (including phenoxy) is 1. The highest BCUT2D eigenvalue weighted by atomic mass is 35.5. The number of nitrogens with one attached hydrogen (secondary N) is 1. The second kappa shape index (κ2) is 8.80. The van der Waals surface area contributed by atoms with Crippen LogP contribution in [0.2, 0.25) is 5.02 Å². The van der Waals surface area contributed by atoms with E-state index in [4.69, 9.17) is 27.1 Å². The van der Waals surface area contributed by atoms with Gasteiger partial charge in [-0.3, -0.25) is 4.98 Å². The molecule has 2 fully saturated rings. The Bertz CT molecular complexity index is 1460. The summed E-state index contributed by atoms with van der Waals surface area (Å²) in [6, 6.07) is 12.1. The third kappa shape index (κ3) is 4.23. The number of halogens is 2. The first-order valence-electron chi connectivity index (χ1n) is 12.2. The first-order chi connectivity index (χ1) is 17.3. The molecule has 2 atom stereocenters. The minimum atomic E-state index is -0.589. The van der Waals surface area contributed by atoms with E-state index < -0.39 is 11.4 Å². The van der Waals surface area contributed by atoms with Gasteiger partial charge in [0.15, 0.2) is 5.82 Å². The van der Waals surface area contributed by atoms with Crippen LogP contribution in [-0.2, 0) is 0 Å². The zero-order valence-corrected chi connectivity index (χ0v) is 21.0. The normalized spacial score (nSPS) is 19.9. The molecule has 2 aromatic carbocycles. The van der Waals surface area contributed by atoms with E-state index >= 15 is 4.39 Å². The Morgan fingerprint density at radius 2 is 1.86 bits per heavy atom. The van der Waals surface area contributed by atoms with Gasteiger partial charge in [-0.05, 0) is 38.1 Å². The molecule has 4 aromatic rings. The minimum absolute atomic E-state index is 0.105. The van der Waals surface area contributed by atoms with E-state index in [2.05, 4.69) is 20.2 Å². The predicted octanol–water partition coefficient (Wildman–Crippen LogP) is 4.69. The average Bonchev–Trinajstić information content (AvgIpc) is 3.19. The molecule has 0 spiro atoms. The van der Waals surface area contributed by atoms with Crippen LogP contribution in [0.4, 0.5) is 10.2 Å². The highest BCUT2D eigenvalue weighted by molar-refractivity contribution is 6.36. The van der Waals surface area contributed by atoms with E-state index in [0.717, 1.165) is 36.7 Å². The summed E-state index contributed by atoms with van der Waals surface area (Å²) in [4.78, 5) is 16.0. The third-order valence-corrected chi connectivity index (χ3v) is 7.16. The van der Waals surface area contributed by atoms with Gasteiger partial charge in [-0.1, -0.05) is 41.9 Å². The van der Waals surface area contributed by atoms with Crippen LogP contribution in [-0.4, -0.2) is 52.3 Å². The SMILES string of the molecule is CC(C)(N)COc1nc(N2CC3CCC(C2)N3)c2cnc(-c3cccc4cccc(Cl)c34)c(F)c2n1. The van der Waals surface area contributed by atoms with Crippen LogP contribution < -0.4 is 20.7 Å². The van der Waals surface area contributed by atoms with Crippen molar-refractivity contribution < 1.29 is 9.13 Å². The van der Waals surface area contributed by atoms with Gasteiger partial charge in [0.2, 0.25) is 0 Å². The van der Waals surface area contributed by atoms with Crippen LogP contribution in [0.25, 0.3) is 32.9 Å². The summed E-state index contributed by atoms with van der Waals surface area (Å²) in [5.74, 6) is 0.107. The summed E-state index contributed by atoms with van der Waals surface area (Å²) < 4.78 is 22.1. The Labute approximate surface area is 213 Å². The largest absolute Gasteiger partial charge is 0.461 e. The van der Waals surface area contributed by atoms with Crippen molar-refractivity contribution in [2.24, 2.45) is 5.73 Å². The van der Waals surface area contributed by atoms with Crippen molar-refractivity contribution in [3.05, 3.63) is 53.4 Å². The molecule has 2 aliphatic rings. The number of benzene rings is 2. The minimum Gasteiger partial charge on any atom is -0.461 e. The Morgan fingerprint density at radius 3 is 2.58 bits per heavy atom. The van der Waals surface area contributed by atoms with Gasteiger partial charge in [0.1, 0.15) is 23.6 Å². The Balaban J connectivity index is 1.53. The number of nitrogens with zero attached hydrogens (tertiary/aromatic N) is 4. The number of aromatic nitrogens is 3. The quantitative estimate of drug-likeness (QED) is 0.405. The van der Waals surface area contributed by atoms with Crippen molar-refractivity contribution in [3.63, 3.8) is 0 Å². The van der Waals surface area contributed by atoms with Gasteiger partial charge in [-0.25, -0.2) is 4.39 Å². The molecule has 2 aromatic heterocycles. The van der Waals surface area contributed by atoms with Crippen LogP contribution >= 0.6 is 11.6 Å². The topological polar surface area (TPSA) is 89.2 Å². The molecule has 4 heterocycles. The van der Waals surface area contributed by atoms with E-state index in [9.17, 15) is 0 Å². The van der Waals surface area contributed by atoms with Crippen molar-refractivity contribution in [1.29, 1.82) is 0 Å². The van der Waals surface area contributed by atoms with Crippen LogP contribution in [0.15, 0.2) is 42.6 Å². The number of hydrogen-bond donors (Lipinski definition) is 2. The summed E-state index contributed by atoms with van der Waals surface area (Å²) in [6.07, 6.45) is 3.90. The van der Waals surface area contributed by atoms with Crippen LogP contribution in [0.5, 0.6) is 6.01 Å². The van der Waals surface area contributed by atoms with Crippen LogP contribution in [0.1, 0.15) is 26.7 Å². The molecular formula is C27H28ClFN6O. The summed E-state index contributed by atoms with van der Waals surface area (Å²) in [6.45, 7) is 5.48. The van der Waals surface area contributed by atoms with Gasteiger partial charge in [-0.15, -0.1) is 0 Å². The van der Waals surface area contributed by atoms with E-state index in [1.54, 1.807) is 12.3 Å². The fraction of sp³-hybridized carbons (Fsp3) is 0.370. The van der Waals surface area contributed by atoms with Crippen LogP contribution in [0, 0.1) is 5.82 Å². The Kier molecular flexibility index (Phi) is 5.70. The predicted molar refractivity (Wildman–Crippen MR) is 141 cm³/mol. The molecule has 0 radical (unpaired) electrons. The first kappa shape index (κ1) is 23.3. The number of fused-ring (bicyclic) bond motifs is 4. The van der Waals surface area contributed by atoms with Gasteiger partial charge >= 0.3 is 6.01 Å². The Hall–Kier alpha value is -3.07. The summed E-state index contributed by atoms with van der Waals surface area (Å²) >= 11 is 6.53. The molecule has 6 rings (SSSR count). The molecule has 7 nitrogen and oxygen atoms in total. The highest BCUT2D eigenvalue weighted by Gasteiger charge is 2.34. The molecular weight excluding hydrogens is 479 g/mol.